The van der Waals surface area contributed by atoms with Gasteiger partial charge >= 0.3 is 0 Å². The summed E-state index contributed by atoms with van der Waals surface area (Å²) in [7, 11) is 0. The Morgan fingerprint density at radius 1 is 1.23 bits per heavy atom. The number of hydrogen-bond donors (Lipinski definition) is 0. The van der Waals surface area contributed by atoms with Crippen LogP contribution in [0.25, 0.3) is 11.4 Å². The fourth-order valence-electron chi connectivity index (χ4n) is 3.58. The monoisotopic (exact) mass is 437 g/mol. The average molecular weight is 438 g/mol. The number of thioether (sulfide) groups is 1. The van der Waals surface area contributed by atoms with Crippen LogP contribution >= 0.6 is 11.8 Å². The molecule has 8 nitrogen and oxygen atoms in total. The van der Waals surface area contributed by atoms with Gasteiger partial charge in [0.2, 0.25) is 12.7 Å². The summed E-state index contributed by atoms with van der Waals surface area (Å²) >= 11 is 1.45. The van der Waals surface area contributed by atoms with E-state index in [0.29, 0.717) is 24.9 Å². The molecule has 3 aromatic rings. The van der Waals surface area contributed by atoms with Crippen LogP contribution in [0.15, 0.2) is 47.9 Å². The molecule has 2 aliphatic rings. The number of carbonyl (C=O) groups is 1. The van der Waals surface area contributed by atoms with E-state index < -0.39 is 0 Å². The van der Waals surface area contributed by atoms with Gasteiger partial charge in [-0.15, -0.1) is 10.2 Å². The number of benzene rings is 1. The third kappa shape index (κ3) is 4.23. The maximum atomic E-state index is 12.9. The van der Waals surface area contributed by atoms with Gasteiger partial charge in [0.1, 0.15) is 0 Å². The minimum absolute atomic E-state index is 0.0680. The quantitative estimate of drug-likeness (QED) is 0.499. The van der Waals surface area contributed by atoms with Gasteiger partial charge in [0, 0.05) is 37.1 Å². The van der Waals surface area contributed by atoms with E-state index in [4.69, 9.17) is 9.47 Å². The first-order chi connectivity index (χ1) is 15.2. The zero-order chi connectivity index (χ0) is 21.2. The maximum Gasteiger partial charge on any atom is 0.233 e. The van der Waals surface area contributed by atoms with Crippen LogP contribution in [0.5, 0.6) is 11.5 Å². The molecule has 1 aliphatic carbocycles. The van der Waals surface area contributed by atoms with Crippen LogP contribution in [0.1, 0.15) is 31.4 Å². The second-order valence-electron chi connectivity index (χ2n) is 7.53. The minimum Gasteiger partial charge on any atom is -0.454 e. The molecule has 5 rings (SSSR count). The highest BCUT2D eigenvalue weighted by Crippen LogP contribution is 2.41. The molecule has 1 saturated carbocycles. The van der Waals surface area contributed by atoms with Gasteiger partial charge in [-0.3, -0.25) is 14.3 Å². The Labute approximate surface area is 184 Å². The number of rotatable bonds is 8. The van der Waals surface area contributed by atoms with Crippen molar-refractivity contribution in [1.29, 1.82) is 0 Å². The zero-order valence-corrected chi connectivity index (χ0v) is 18.0. The van der Waals surface area contributed by atoms with E-state index in [1.807, 2.05) is 42.2 Å². The Bertz CT molecular complexity index is 1080. The van der Waals surface area contributed by atoms with Crippen LogP contribution in [-0.2, 0) is 11.3 Å². The molecule has 160 valence electrons. The molecule has 0 bridgehead atoms. The second kappa shape index (κ2) is 8.58. The molecule has 0 spiro atoms. The SMILES string of the molecule is CCN(Cc1ccc2c(c1)OCO2)C(=O)CSc1nnc(-c2cccnc2)n1C1CC1. The average Bonchev–Trinajstić information content (AvgIpc) is 3.38. The minimum atomic E-state index is 0.0680. The smallest absolute Gasteiger partial charge is 0.233 e. The molecule has 1 fully saturated rings. The summed E-state index contributed by atoms with van der Waals surface area (Å²) < 4.78 is 13.0. The molecule has 1 aromatic carbocycles. The van der Waals surface area contributed by atoms with Crippen molar-refractivity contribution < 1.29 is 14.3 Å². The standard InChI is InChI=1S/C22H23N5O3S/c1-2-26(12-15-5-8-18-19(10-15)30-14-29-18)20(28)13-31-22-25-24-21(27(22)17-6-7-17)16-4-3-9-23-11-16/h3-5,8-11,17H,2,6-7,12-14H2,1H3. The van der Waals surface area contributed by atoms with Gasteiger partial charge in [-0.1, -0.05) is 17.8 Å². The zero-order valence-electron chi connectivity index (χ0n) is 17.2. The van der Waals surface area contributed by atoms with Crippen molar-refractivity contribution in [2.24, 2.45) is 0 Å². The lowest BCUT2D eigenvalue weighted by Gasteiger charge is -2.21. The molecule has 1 aliphatic heterocycles. The number of pyridine rings is 1. The molecule has 0 N–H and O–H groups in total. The molecule has 0 atom stereocenters. The first-order valence-corrected chi connectivity index (χ1v) is 11.4. The highest BCUT2D eigenvalue weighted by atomic mass is 32.2. The summed E-state index contributed by atoms with van der Waals surface area (Å²) in [6.45, 7) is 3.39. The van der Waals surface area contributed by atoms with Crippen LogP contribution in [0.4, 0.5) is 0 Å². The van der Waals surface area contributed by atoms with Crippen LogP contribution in [0, 0.1) is 0 Å². The predicted molar refractivity (Wildman–Crippen MR) is 116 cm³/mol. The van der Waals surface area contributed by atoms with Gasteiger partial charge in [-0.25, -0.2) is 0 Å². The Morgan fingerprint density at radius 3 is 2.87 bits per heavy atom. The van der Waals surface area contributed by atoms with Crippen molar-refractivity contribution in [2.45, 2.75) is 37.5 Å². The number of ether oxygens (including phenoxy) is 2. The van der Waals surface area contributed by atoms with Crippen LogP contribution < -0.4 is 9.47 Å². The number of fused-ring (bicyclic) bond motifs is 1. The fourth-order valence-corrected chi connectivity index (χ4v) is 4.49. The molecule has 0 radical (unpaired) electrons. The molecular formula is C22H23N5O3S. The lowest BCUT2D eigenvalue weighted by atomic mass is 10.2. The second-order valence-corrected chi connectivity index (χ2v) is 8.48. The normalized spacial score (nSPS) is 14.6. The van der Waals surface area contributed by atoms with E-state index in [0.717, 1.165) is 46.4 Å². The summed E-state index contributed by atoms with van der Waals surface area (Å²) in [5.41, 5.74) is 1.96. The first kappa shape index (κ1) is 19.9. The third-order valence-corrected chi connectivity index (χ3v) is 6.29. The number of aromatic nitrogens is 4. The maximum absolute atomic E-state index is 12.9. The Hall–Kier alpha value is -3.07. The van der Waals surface area contributed by atoms with Gasteiger partial charge in [-0.2, -0.15) is 0 Å². The van der Waals surface area contributed by atoms with E-state index in [2.05, 4.69) is 19.7 Å². The number of nitrogens with zero attached hydrogens (tertiary/aromatic N) is 5. The van der Waals surface area contributed by atoms with Gasteiger partial charge in [0.05, 0.1) is 5.75 Å². The molecular weight excluding hydrogens is 414 g/mol. The molecule has 3 heterocycles. The molecule has 0 saturated heterocycles. The summed E-state index contributed by atoms with van der Waals surface area (Å²) in [5, 5.41) is 9.56. The Kier molecular flexibility index (Phi) is 5.50. The lowest BCUT2D eigenvalue weighted by Crippen LogP contribution is -2.31. The van der Waals surface area contributed by atoms with E-state index in [1.54, 1.807) is 12.4 Å². The van der Waals surface area contributed by atoms with Gasteiger partial charge in [0.15, 0.2) is 22.5 Å². The number of carbonyl (C=O) groups excluding carboxylic acids is 1. The van der Waals surface area contributed by atoms with E-state index in [-0.39, 0.29) is 12.7 Å². The lowest BCUT2D eigenvalue weighted by molar-refractivity contribution is -0.128. The Morgan fingerprint density at radius 2 is 2.10 bits per heavy atom. The molecule has 2 aromatic heterocycles. The summed E-state index contributed by atoms with van der Waals surface area (Å²) in [5.74, 6) is 2.68. The number of amides is 1. The topological polar surface area (TPSA) is 82.4 Å². The number of hydrogen-bond acceptors (Lipinski definition) is 7. The van der Waals surface area contributed by atoms with Crippen molar-refractivity contribution in [3.8, 4) is 22.9 Å². The van der Waals surface area contributed by atoms with E-state index in [1.165, 1.54) is 11.8 Å². The summed E-state index contributed by atoms with van der Waals surface area (Å²) in [6, 6.07) is 10.1. The fraction of sp³-hybridized carbons (Fsp3) is 0.364. The van der Waals surface area contributed by atoms with Gasteiger partial charge < -0.3 is 14.4 Å². The predicted octanol–water partition coefficient (Wildman–Crippen LogP) is 3.54. The highest BCUT2D eigenvalue weighted by molar-refractivity contribution is 7.99. The van der Waals surface area contributed by atoms with E-state index in [9.17, 15) is 4.79 Å². The molecule has 9 heteroatoms. The molecule has 31 heavy (non-hydrogen) atoms. The first-order valence-electron chi connectivity index (χ1n) is 10.4. The van der Waals surface area contributed by atoms with Gasteiger partial charge in [0.25, 0.3) is 0 Å². The van der Waals surface area contributed by atoms with E-state index >= 15 is 0 Å². The van der Waals surface area contributed by atoms with Crippen molar-refractivity contribution in [2.75, 3.05) is 19.1 Å². The van der Waals surface area contributed by atoms with Crippen LogP contribution in [0.3, 0.4) is 0 Å². The highest BCUT2D eigenvalue weighted by Gasteiger charge is 2.30. The van der Waals surface area contributed by atoms with Crippen molar-refractivity contribution in [1.82, 2.24) is 24.6 Å². The van der Waals surface area contributed by atoms with Crippen molar-refractivity contribution >= 4 is 17.7 Å². The molecule has 1 amide bonds. The Balaban J connectivity index is 1.27. The summed E-state index contributed by atoms with van der Waals surface area (Å²) in [4.78, 5) is 19.0. The van der Waals surface area contributed by atoms with Crippen LogP contribution in [0.2, 0.25) is 0 Å². The largest absolute Gasteiger partial charge is 0.454 e. The van der Waals surface area contributed by atoms with Crippen molar-refractivity contribution in [3.63, 3.8) is 0 Å². The van der Waals surface area contributed by atoms with Crippen molar-refractivity contribution in [3.05, 3.63) is 48.3 Å². The third-order valence-electron chi connectivity index (χ3n) is 5.37. The van der Waals surface area contributed by atoms with Gasteiger partial charge in [-0.05, 0) is 49.6 Å². The molecule has 0 unspecified atom stereocenters. The summed E-state index contributed by atoms with van der Waals surface area (Å²) in [6.07, 6.45) is 5.76. The van der Waals surface area contributed by atoms with Crippen LogP contribution in [-0.4, -0.2) is 49.6 Å².